The average molecular weight is 274 g/mol. The molecule has 7 heteroatoms. The van der Waals surface area contributed by atoms with Crippen LogP contribution in [0.15, 0.2) is 11.4 Å². The molecule has 0 amide bonds. The van der Waals surface area contributed by atoms with Gasteiger partial charge in [-0.3, -0.25) is 0 Å². The van der Waals surface area contributed by atoms with Crippen molar-refractivity contribution in [1.29, 1.82) is 5.26 Å². The fraction of sp³-hybridized carbons (Fsp3) is 0.538. The zero-order chi connectivity index (χ0) is 14.4. The molecule has 0 fully saturated rings. The number of rotatable bonds is 1. The highest BCUT2D eigenvalue weighted by Crippen LogP contribution is 2.19. The summed E-state index contributed by atoms with van der Waals surface area (Å²) in [5.41, 5.74) is 7.06. The average Bonchev–Trinajstić information content (AvgIpc) is 2.45. The monoisotopic (exact) mass is 274 g/mol. The summed E-state index contributed by atoms with van der Waals surface area (Å²) in [6.07, 6.45) is 4.07. The summed E-state index contributed by atoms with van der Waals surface area (Å²) in [4.78, 5) is 15.4. The van der Waals surface area contributed by atoms with Crippen LogP contribution in [0.25, 0.3) is 0 Å². The molecule has 7 nitrogen and oxygen atoms in total. The number of oxime groups is 1. The van der Waals surface area contributed by atoms with Crippen molar-refractivity contribution in [3.63, 3.8) is 0 Å². The zero-order valence-electron chi connectivity index (χ0n) is 11.5. The topological polar surface area (TPSA) is 100 Å². The van der Waals surface area contributed by atoms with Crippen LogP contribution in [0.1, 0.15) is 31.7 Å². The summed E-state index contributed by atoms with van der Waals surface area (Å²) in [6, 6.07) is 2.12. The molecule has 0 unspecified atom stereocenters. The van der Waals surface area contributed by atoms with E-state index in [1.807, 2.05) is 6.92 Å². The molecule has 2 rings (SSSR count). The van der Waals surface area contributed by atoms with Gasteiger partial charge in [-0.25, -0.2) is 4.98 Å². The molecule has 0 bridgehead atoms. The normalized spacial score (nSPS) is 19.4. The van der Waals surface area contributed by atoms with E-state index in [9.17, 15) is 0 Å². The first-order valence-corrected chi connectivity index (χ1v) is 6.63. The summed E-state index contributed by atoms with van der Waals surface area (Å²) in [7, 11) is 0. The molecule has 1 aromatic heterocycles. The Hall–Kier alpha value is -2.36. The Kier molecular flexibility index (Phi) is 4.71. The van der Waals surface area contributed by atoms with Crippen molar-refractivity contribution >= 4 is 17.5 Å². The van der Waals surface area contributed by atoms with Gasteiger partial charge in [0.05, 0.1) is 11.9 Å². The molecule has 106 valence electrons. The van der Waals surface area contributed by atoms with Crippen LogP contribution in [-0.4, -0.2) is 35.4 Å². The van der Waals surface area contributed by atoms with Crippen molar-refractivity contribution in [1.82, 2.24) is 9.97 Å². The molecule has 0 aliphatic carbocycles. The van der Waals surface area contributed by atoms with Crippen molar-refractivity contribution in [2.45, 2.75) is 26.2 Å². The molecule has 2 heterocycles. The molecular formula is C13H18N6O. The van der Waals surface area contributed by atoms with Crippen molar-refractivity contribution in [2.75, 3.05) is 30.3 Å². The molecule has 0 spiro atoms. The number of aromatic nitrogens is 2. The van der Waals surface area contributed by atoms with E-state index in [4.69, 9.17) is 15.8 Å². The smallest absolute Gasteiger partial charge is 0.222 e. The van der Waals surface area contributed by atoms with Crippen LogP contribution in [0.4, 0.5) is 11.8 Å². The number of nitrogens with two attached hydrogens (primary N) is 1. The highest BCUT2D eigenvalue weighted by atomic mass is 16.6. The first-order valence-electron chi connectivity index (χ1n) is 6.63. The lowest BCUT2D eigenvalue weighted by Gasteiger charge is -2.25. The predicted molar refractivity (Wildman–Crippen MR) is 76.3 cm³/mol. The third kappa shape index (κ3) is 3.57. The van der Waals surface area contributed by atoms with Crippen LogP contribution in [-0.2, 0) is 4.84 Å². The minimum absolute atomic E-state index is 0.185. The van der Waals surface area contributed by atoms with Gasteiger partial charge in [0, 0.05) is 19.5 Å². The molecule has 0 saturated heterocycles. The molecule has 0 aromatic carbocycles. The Morgan fingerprint density at radius 2 is 2.20 bits per heavy atom. The van der Waals surface area contributed by atoms with Gasteiger partial charge in [-0.1, -0.05) is 5.16 Å². The van der Waals surface area contributed by atoms with Gasteiger partial charge in [-0.2, -0.15) is 10.2 Å². The number of anilines is 2. The van der Waals surface area contributed by atoms with E-state index in [1.54, 1.807) is 0 Å². The standard InChI is InChI=1S/C13H18N6O/c1-10-4-2-5-19(6-3-7-20-18-10)12-11(8-14)9-16-13(15)17-12/h9H,2-7H2,1H3,(H2,15,16,17)/b18-10-. The number of nitrogen functional groups attached to an aromatic ring is 1. The molecule has 1 aliphatic heterocycles. The number of hydrogen-bond acceptors (Lipinski definition) is 7. The minimum atomic E-state index is 0.185. The highest BCUT2D eigenvalue weighted by Gasteiger charge is 2.15. The second-order valence-corrected chi connectivity index (χ2v) is 4.68. The van der Waals surface area contributed by atoms with E-state index in [-0.39, 0.29) is 5.95 Å². The molecule has 0 atom stereocenters. The SMILES string of the molecule is C/C1=N/OCCCN(c2nc(N)ncc2C#N)CCC1. The summed E-state index contributed by atoms with van der Waals surface area (Å²) < 4.78 is 0. The lowest BCUT2D eigenvalue weighted by molar-refractivity contribution is 0.141. The maximum atomic E-state index is 9.17. The molecule has 20 heavy (non-hydrogen) atoms. The summed E-state index contributed by atoms with van der Waals surface area (Å²) in [5, 5.41) is 13.2. The van der Waals surface area contributed by atoms with Crippen molar-refractivity contribution < 1.29 is 4.84 Å². The number of nitrogens with zero attached hydrogens (tertiary/aromatic N) is 5. The van der Waals surface area contributed by atoms with Gasteiger partial charge in [-0.15, -0.1) is 0 Å². The Morgan fingerprint density at radius 1 is 1.40 bits per heavy atom. The number of hydrogen-bond donors (Lipinski definition) is 1. The molecule has 1 aromatic rings. The predicted octanol–water partition coefficient (Wildman–Crippen LogP) is 1.31. The van der Waals surface area contributed by atoms with E-state index in [0.717, 1.165) is 38.1 Å². The minimum Gasteiger partial charge on any atom is -0.396 e. The second kappa shape index (κ2) is 6.70. The van der Waals surface area contributed by atoms with Crippen molar-refractivity contribution in [3.05, 3.63) is 11.8 Å². The third-order valence-corrected chi connectivity index (χ3v) is 3.06. The van der Waals surface area contributed by atoms with Crippen molar-refractivity contribution in [2.24, 2.45) is 5.16 Å². The Labute approximate surface area is 118 Å². The van der Waals surface area contributed by atoms with Gasteiger partial charge in [0.1, 0.15) is 18.2 Å². The van der Waals surface area contributed by atoms with Crippen LogP contribution >= 0.6 is 0 Å². The van der Waals surface area contributed by atoms with Crippen LogP contribution in [0.3, 0.4) is 0 Å². The Bertz CT molecular complexity index is 536. The fourth-order valence-corrected chi connectivity index (χ4v) is 2.08. The maximum absolute atomic E-state index is 9.17. The van der Waals surface area contributed by atoms with Gasteiger partial charge >= 0.3 is 0 Å². The summed E-state index contributed by atoms with van der Waals surface area (Å²) in [5.74, 6) is 0.792. The Balaban J connectivity index is 2.19. The summed E-state index contributed by atoms with van der Waals surface area (Å²) in [6.45, 7) is 4.06. The van der Waals surface area contributed by atoms with E-state index in [1.165, 1.54) is 6.20 Å². The van der Waals surface area contributed by atoms with Crippen LogP contribution in [0.2, 0.25) is 0 Å². The molecule has 0 saturated carbocycles. The van der Waals surface area contributed by atoms with Crippen molar-refractivity contribution in [3.8, 4) is 6.07 Å². The van der Waals surface area contributed by atoms with Gasteiger partial charge in [-0.05, 0) is 19.8 Å². The van der Waals surface area contributed by atoms with Crippen LogP contribution in [0, 0.1) is 11.3 Å². The summed E-state index contributed by atoms with van der Waals surface area (Å²) >= 11 is 0. The molecular weight excluding hydrogens is 256 g/mol. The molecule has 1 aliphatic rings. The van der Waals surface area contributed by atoms with Gasteiger partial charge < -0.3 is 15.5 Å². The first kappa shape index (κ1) is 14.1. The maximum Gasteiger partial charge on any atom is 0.222 e. The van der Waals surface area contributed by atoms with E-state index in [2.05, 4.69) is 26.1 Å². The van der Waals surface area contributed by atoms with Crippen LogP contribution in [0.5, 0.6) is 0 Å². The fourth-order valence-electron chi connectivity index (χ4n) is 2.08. The lowest BCUT2D eigenvalue weighted by atomic mass is 10.2. The lowest BCUT2D eigenvalue weighted by Crippen LogP contribution is -2.29. The van der Waals surface area contributed by atoms with Crippen LogP contribution < -0.4 is 10.6 Å². The van der Waals surface area contributed by atoms with Gasteiger partial charge in [0.2, 0.25) is 5.95 Å². The van der Waals surface area contributed by atoms with Gasteiger partial charge in [0.15, 0.2) is 5.82 Å². The van der Waals surface area contributed by atoms with E-state index < -0.39 is 0 Å². The number of nitriles is 1. The third-order valence-electron chi connectivity index (χ3n) is 3.06. The first-order chi connectivity index (χ1) is 9.70. The molecule has 0 radical (unpaired) electrons. The Morgan fingerprint density at radius 3 is 3.00 bits per heavy atom. The second-order valence-electron chi connectivity index (χ2n) is 4.68. The quantitative estimate of drug-likeness (QED) is 0.828. The largest absolute Gasteiger partial charge is 0.396 e. The van der Waals surface area contributed by atoms with Gasteiger partial charge in [0.25, 0.3) is 0 Å². The van der Waals surface area contributed by atoms with E-state index in [0.29, 0.717) is 18.0 Å². The zero-order valence-corrected chi connectivity index (χ0v) is 11.5. The van der Waals surface area contributed by atoms with E-state index >= 15 is 0 Å². The highest BCUT2D eigenvalue weighted by molar-refractivity contribution is 5.81. The molecule has 2 N–H and O–H groups in total.